The molecule has 10 heteroatoms. The average Bonchev–Trinajstić information content (AvgIpc) is 4.03. The van der Waals surface area contributed by atoms with E-state index in [4.69, 9.17) is 14.6 Å². The Labute approximate surface area is 317 Å². The summed E-state index contributed by atoms with van der Waals surface area (Å²) in [7, 11) is 6.25. The number of aliphatic hydroxyl groups is 3. The zero-order chi connectivity index (χ0) is 38.1. The summed E-state index contributed by atoms with van der Waals surface area (Å²) < 4.78 is 12.5. The minimum atomic E-state index is -1.50. The van der Waals surface area contributed by atoms with Gasteiger partial charge in [0.25, 0.3) is 0 Å². The molecule has 294 valence electrons. The first-order valence-electron chi connectivity index (χ1n) is 20.2. The van der Waals surface area contributed by atoms with Crippen LogP contribution in [0.4, 0.5) is 0 Å². The molecule has 10 nitrogen and oxygen atoms in total. The van der Waals surface area contributed by atoms with Crippen LogP contribution in [-0.4, -0.2) is 127 Å². The molecule has 2 saturated carbocycles. The van der Waals surface area contributed by atoms with E-state index in [1.165, 1.54) is 0 Å². The maximum atomic E-state index is 13.0. The van der Waals surface area contributed by atoms with Crippen molar-refractivity contribution in [3.05, 3.63) is 71.8 Å². The van der Waals surface area contributed by atoms with Gasteiger partial charge in [0.05, 0.1) is 26.2 Å². The molecule has 2 aromatic carbocycles. The van der Waals surface area contributed by atoms with Gasteiger partial charge in [0, 0.05) is 44.4 Å². The highest BCUT2D eigenvalue weighted by Gasteiger charge is 2.50. The number of β-amino-alcohol motifs (C(OH)–C–C–N with tert-alkyl or cyclic N) is 1. The van der Waals surface area contributed by atoms with Crippen LogP contribution in [0.15, 0.2) is 60.7 Å². The Morgan fingerprint density at radius 1 is 0.698 bits per heavy atom. The summed E-state index contributed by atoms with van der Waals surface area (Å²) >= 11 is 0. The van der Waals surface area contributed by atoms with Crippen LogP contribution >= 0.6 is 0 Å². The van der Waals surface area contributed by atoms with Gasteiger partial charge in [-0.1, -0.05) is 86.3 Å². The number of hydrogen-bond acceptors (Lipinski definition) is 9. The standard InChI is InChI=1S/C20H30NO3.C18H25NO3.C5H11NO/c1-3-21(2)14-13-18(15-21)24-19(22)20(23,17-11-7-8-12-17)16-9-5-4-6-10-16;1-19-12-11-16(13-19)22-17(20)18(21,15-9-5-6-10-15)14-7-3-2-4-8-14;1-6-3-2-5(7)4-6/h4-6,9-10,17-18,23H,3,7-8,11-15H2,1-2H3;2-4,7-8,15-16,21H,5-6,9-13H2,1H3;5,7H,2-4H2,1H3/q+1;;/t18-,20?,21?;16-,18?;5-/m111/s1. The van der Waals surface area contributed by atoms with Crippen molar-refractivity contribution in [1.29, 1.82) is 0 Å². The molecule has 2 aromatic rings. The summed E-state index contributed by atoms with van der Waals surface area (Å²) in [5.41, 5.74) is -1.67. The SMILES string of the molecule is CC[N+]1(C)CC[C@@H](OC(=O)C(O)(c2ccccc2)C2CCCC2)C1.CN1CC[C@@H](O)C1.CN1CC[C@@H](OC(=O)C(O)(c2ccccc2)C2CCCC2)C1. The molecule has 3 heterocycles. The number of hydrogen-bond donors (Lipinski definition) is 3. The molecule has 0 amide bonds. The molecular weight excluding hydrogens is 670 g/mol. The van der Waals surface area contributed by atoms with Gasteiger partial charge in [-0.05, 0) is 70.7 Å². The van der Waals surface area contributed by atoms with E-state index in [0.29, 0.717) is 11.1 Å². The second-order valence-electron chi connectivity index (χ2n) is 16.7. The van der Waals surface area contributed by atoms with Crippen LogP contribution in [0.5, 0.6) is 0 Å². The van der Waals surface area contributed by atoms with E-state index in [0.717, 1.165) is 121 Å². The number of quaternary nitrogens is 1. The monoisotopic (exact) mass is 736 g/mol. The third-order valence-electron chi connectivity index (χ3n) is 12.6. The van der Waals surface area contributed by atoms with Crippen LogP contribution in [-0.2, 0) is 30.3 Å². The lowest BCUT2D eigenvalue weighted by atomic mass is 9.80. The molecule has 3 aliphatic heterocycles. The van der Waals surface area contributed by atoms with Crippen molar-refractivity contribution in [3.8, 4) is 0 Å². The molecule has 0 spiro atoms. The zero-order valence-corrected chi connectivity index (χ0v) is 32.7. The lowest BCUT2D eigenvalue weighted by molar-refractivity contribution is -0.897. The summed E-state index contributed by atoms with van der Waals surface area (Å²) in [4.78, 5) is 30.1. The highest BCUT2D eigenvalue weighted by Crippen LogP contribution is 2.43. The second-order valence-corrected chi connectivity index (χ2v) is 16.7. The Bertz CT molecular complexity index is 1430. The van der Waals surface area contributed by atoms with Gasteiger partial charge in [0.1, 0.15) is 12.6 Å². The number of rotatable bonds is 9. The van der Waals surface area contributed by atoms with E-state index in [9.17, 15) is 19.8 Å². The van der Waals surface area contributed by atoms with Crippen LogP contribution < -0.4 is 0 Å². The summed E-state index contributed by atoms with van der Waals surface area (Å²) in [6.07, 6.45) is 10.2. The van der Waals surface area contributed by atoms with Crippen molar-refractivity contribution in [2.24, 2.45) is 11.8 Å². The van der Waals surface area contributed by atoms with Gasteiger partial charge >= 0.3 is 11.9 Å². The van der Waals surface area contributed by atoms with Crippen molar-refractivity contribution in [1.82, 2.24) is 9.80 Å². The van der Waals surface area contributed by atoms with Crippen LogP contribution in [0.2, 0.25) is 0 Å². The highest BCUT2D eigenvalue weighted by atomic mass is 16.6. The van der Waals surface area contributed by atoms with Gasteiger partial charge < -0.3 is 39.1 Å². The van der Waals surface area contributed by atoms with Crippen molar-refractivity contribution in [3.63, 3.8) is 0 Å². The largest absolute Gasteiger partial charge is 0.459 e. The van der Waals surface area contributed by atoms with Crippen LogP contribution in [0.1, 0.15) is 88.7 Å². The number of likely N-dealkylation sites (tertiary alicyclic amines) is 3. The minimum Gasteiger partial charge on any atom is -0.459 e. The van der Waals surface area contributed by atoms with E-state index in [-0.39, 0.29) is 30.1 Å². The van der Waals surface area contributed by atoms with E-state index < -0.39 is 23.1 Å². The molecular formula is C43H66N3O7+. The first-order chi connectivity index (χ1) is 25.4. The molecule has 0 aromatic heterocycles. The molecule has 3 N–H and O–H groups in total. The molecule has 5 aliphatic rings. The van der Waals surface area contributed by atoms with E-state index in [1.54, 1.807) is 0 Å². The number of carbonyl (C=O) groups excluding carboxylic acids is 2. The predicted octanol–water partition coefficient (Wildman–Crippen LogP) is 4.84. The third-order valence-corrected chi connectivity index (χ3v) is 12.6. The number of nitrogens with zero attached hydrogens (tertiary/aromatic N) is 3. The lowest BCUT2D eigenvalue weighted by Crippen LogP contribution is -2.46. The van der Waals surface area contributed by atoms with Gasteiger partial charge in [-0.2, -0.15) is 0 Å². The van der Waals surface area contributed by atoms with Crippen molar-refractivity contribution in [2.45, 2.75) is 107 Å². The summed E-state index contributed by atoms with van der Waals surface area (Å²) in [6.45, 7) is 8.69. The molecule has 3 saturated heterocycles. The number of benzene rings is 2. The molecule has 7 rings (SSSR count). The van der Waals surface area contributed by atoms with Crippen LogP contribution in [0.3, 0.4) is 0 Å². The predicted molar refractivity (Wildman–Crippen MR) is 206 cm³/mol. The Balaban J connectivity index is 0.000000173. The summed E-state index contributed by atoms with van der Waals surface area (Å²) in [5, 5.41) is 31.6. The number of ether oxygens (including phenoxy) is 2. The second kappa shape index (κ2) is 18.7. The first-order valence-corrected chi connectivity index (χ1v) is 20.2. The van der Waals surface area contributed by atoms with Crippen molar-refractivity contribution in [2.75, 3.05) is 67.0 Å². The van der Waals surface area contributed by atoms with Gasteiger partial charge in [-0.3, -0.25) is 0 Å². The topological polar surface area (TPSA) is 120 Å². The van der Waals surface area contributed by atoms with Crippen LogP contribution in [0.25, 0.3) is 0 Å². The Morgan fingerprint density at radius 2 is 1.15 bits per heavy atom. The zero-order valence-electron chi connectivity index (χ0n) is 32.7. The van der Waals surface area contributed by atoms with E-state index in [2.05, 4.69) is 23.8 Å². The maximum absolute atomic E-state index is 13.0. The number of carbonyl (C=O) groups is 2. The average molecular weight is 737 g/mol. The third kappa shape index (κ3) is 10.3. The molecule has 2 aliphatic carbocycles. The Hall–Kier alpha value is -2.86. The molecule has 0 radical (unpaired) electrons. The van der Waals surface area contributed by atoms with Gasteiger partial charge in [-0.25, -0.2) is 9.59 Å². The molecule has 5 fully saturated rings. The molecule has 6 atom stereocenters. The number of aliphatic hydroxyl groups excluding tert-OH is 1. The highest BCUT2D eigenvalue weighted by molar-refractivity contribution is 5.82. The quantitative estimate of drug-likeness (QED) is 0.246. The molecule has 53 heavy (non-hydrogen) atoms. The normalized spacial score (nSPS) is 29.0. The van der Waals surface area contributed by atoms with Gasteiger partial charge in [0.2, 0.25) is 0 Å². The van der Waals surface area contributed by atoms with Gasteiger partial charge in [-0.15, -0.1) is 0 Å². The Morgan fingerprint density at radius 3 is 1.51 bits per heavy atom. The van der Waals surface area contributed by atoms with Crippen LogP contribution in [0, 0.1) is 11.8 Å². The molecule has 0 bridgehead atoms. The maximum Gasteiger partial charge on any atom is 0.343 e. The summed E-state index contributed by atoms with van der Waals surface area (Å²) in [6, 6.07) is 18.7. The number of likely N-dealkylation sites (N-methyl/N-ethyl adjacent to an activating group) is 3. The van der Waals surface area contributed by atoms with Gasteiger partial charge in [0.15, 0.2) is 17.3 Å². The first kappa shape index (κ1) is 41.3. The smallest absolute Gasteiger partial charge is 0.343 e. The lowest BCUT2D eigenvalue weighted by Gasteiger charge is -2.33. The Kier molecular flexibility index (Phi) is 14.5. The van der Waals surface area contributed by atoms with Crippen molar-refractivity contribution >= 4 is 11.9 Å². The molecule has 3 unspecified atom stereocenters. The van der Waals surface area contributed by atoms with E-state index >= 15 is 0 Å². The fraction of sp³-hybridized carbons (Fsp3) is 0.674. The number of esters is 2. The van der Waals surface area contributed by atoms with Crippen molar-refractivity contribution < 1.29 is 38.9 Å². The summed E-state index contributed by atoms with van der Waals surface area (Å²) in [5.74, 6) is -0.997. The fourth-order valence-electron chi connectivity index (χ4n) is 9.01. The minimum absolute atomic E-state index is 0.0402. The van der Waals surface area contributed by atoms with E-state index in [1.807, 2.05) is 74.8 Å². The fourth-order valence-corrected chi connectivity index (χ4v) is 9.01.